The van der Waals surface area contributed by atoms with Crippen LogP contribution in [0.25, 0.3) is 0 Å². The van der Waals surface area contributed by atoms with Gasteiger partial charge in [0.1, 0.15) is 23.2 Å². The summed E-state index contributed by atoms with van der Waals surface area (Å²) in [5.41, 5.74) is 3.27. The normalized spacial score (nSPS) is 15.5. The number of aromatic nitrogens is 1. The van der Waals surface area contributed by atoms with Gasteiger partial charge in [-0.1, -0.05) is 12.1 Å². The zero-order valence-corrected chi connectivity index (χ0v) is 17.2. The van der Waals surface area contributed by atoms with Crippen LogP contribution in [-0.2, 0) is 0 Å². The number of fused-ring (bicyclic) bond motifs is 1. The predicted octanol–water partition coefficient (Wildman–Crippen LogP) is 5.17. The van der Waals surface area contributed by atoms with Gasteiger partial charge in [-0.2, -0.15) is 5.26 Å². The van der Waals surface area contributed by atoms with Gasteiger partial charge in [-0.05, 0) is 68.3 Å². The zero-order valence-electron chi connectivity index (χ0n) is 17.2. The van der Waals surface area contributed by atoms with E-state index in [1.165, 1.54) is 0 Å². The lowest BCUT2D eigenvalue weighted by molar-refractivity contribution is 0.0612. The van der Waals surface area contributed by atoms with Crippen LogP contribution in [0.2, 0.25) is 0 Å². The first-order chi connectivity index (χ1) is 14.4. The standard InChI is InChI=1S/C25H22N2O3/c1-16-22(9-8-20-21(28)14-25(2,3)30-23(16)20)29-24(19-10-12-27-13-11-19)18-6-4-17(15-26)5-7-18/h4-13,24H,14H2,1-3H3/t24-/m1/s1. The predicted molar refractivity (Wildman–Crippen MR) is 113 cm³/mol. The fraction of sp³-hybridized carbons (Fsp3) is 0.240. The molecule has 150 valence electrons. The second-order valence-electron chi connectivity index (χ2n) is 8.04. The summed E-state index contributed by atoms with van der Waals surface area (Å²) < 4.78 is 12.6. The molecule has 5 nitrogen and oxygen atoms in total. The number of benzene rings is 2. The fourth-order valence-corrected chi connectivity index (χ4v) is 3.67. The molecule has 0 N–H and O–H groups in total. The molecule has 1 atom stereocenters. The third-order valence-electron chi connectivity index (χ3n) is 5.22. The number of hydrogen-bond donors (Lipinski definition) is 0. The Morgan fingerprint density at radius 2 is 1.73 bits per heavy atom. The second kappa shape index (κ2) is 7.64. The minimum absolute atomic E-state index is 0.0775. The molecule has 0 unspecified atom stereocenters. The summed E-state index contributed by atoms with van der Waals surface area (Å²) in [7, 11) is 0. The molecule has 0 saturated carbocycles. The van der Waals surface area contributed by atoms with E-state index in [4.69, 9.17) is 14.7 Å². The number of nitrogens with zero attached hydrogens (tertiary/aromatic N) is 2. The first-order valence-electron chi connectivity index (χ1n) is 9.80. The van der Waals surface area contributed by atoms with Gasteiger partial charge in [-0.3, -0.25) is 9.78 Å². The molecule has 0 radical (unpaired) electrons. The summed E-state index contributed by atoms with van der Waals surface area (Å²) in [6.45, 7) is 5.74. The molecule has 30 heavy (non-hydrogen) atoms. The van der Waals surface area contributed by atoms with Gasteiger partial charge in [-0.25, -0.2) is 0 Å². The van der Waals surface area contributed by atoms with Gasteiger partial charge < -0.3 is 9.47 Å². The lowest BCUT2D eigenvalue weighted by Crippen LogP contribution is -2.36. The van der Waals surface area contributed by atoms with Crippen LogP contribution in [0.3, 0.4) is 0 Å². The monoisotopic (exact) mass is 398 g/mol. The highest BCUT2D eigenvalue weighted by Gasteiger charge is 2.34. The van der Waals surface area contributed by atoms with Crippen molar-refractivity contribution in [1.82, 2.24) is 4.98 Å². The van der Waals surface area contributed by atoms with Gasteiger partial charge in [0.05, 0.1) is 23.6 Å². The number of carbonyl (C=O) groups excluding carboxylic acids is 1. The molecule has 1 aromatic heterocycles. The molecule has 2 heterocycles. The Hall–Kier alpha value is -3.65. The number of rotatable bonds is 4. The summed E-state index contributed by atoms with van der Waals surface area (Å²) in [6, 6.07) is 16.9. The molecule has 0 bridgehead atoms. The summed E-state index contributed by atoms with van der Waals surface area (Å²) in [5.74, 6) is 1.31. The minimum atomic E-state index is -0.551. The van der Waals surface area contributed by atoms with Crippen molar-refractivity contribution in [1.29, 1.82) is 5.26 Å². The summed E-state index contributed by atoms with van der Waals surface area (Å²) >= 11 is 0. The van der Waals surface area contributed by atoms with Crippen molar-refractivity contribution in [2.24, 2.45) is 0 Å². The van der Waals surface area contributed by atoms with Crippen molar-refractivity contribution in [2.45, 2.75) is 38.9 Å². The Labute approximate surface area is 175 Å². The zero-order chi connectivity index (χ0) is 21.3. The van der Waals surface area contributed by atoms with Crippen LogP contribution in [0.4, 0.5) is 0 Å². The Kier molecular flexibility index (Phi) is 5.01. The fourth-order valence-electron chi connectivity index (χ4n) is 3.67. The molecule has 2 aromatic carbocycles. The molecule has 1 aliphatic heterocycles. The van der Waals surface area contributed by atoms with Gasteiger partial charge in [0.15, 0.2) is 5.78 Å². The van der Waals surface area contributed by atoms with E-state index in [1.807, 2.05) is 51.1 Å². The van der Waals surface area contributed by atoms with E-state index in [1.54, 1.807) is 30.6 Å². The van der Waals surface area contributed by atoms with Crippen LogP contribution in [-0.4, -0.2) is 16.4 Å². The maximum absolute atomic E-state index is 12.5. The molecule has 5 heteroatoms. The van der Waals surface area contributed by atoms with Crippen molar-refractivity contribution >= 4 is 5.78 Å². The van der Waals surface area contributed by atoms with E-state index in [-0.39, 0.29) is 5.78 Å². The number of ether oxygens (including phenoxy) is 2. The minimum Gasteiger partial charge on any atom is -0.486 e. The molecule has 0 amide bonds. The van der Waals surface area contributed by atoms with Gasteiger partial charge in [0.2, 0.25) is 0 Å². The van der Waals surface area contributed by atoms with Crippen molar-refractivity contribution in [3.8, 4) is 17.6 Å². The van der Waals surface area contributed by atoms with Gasteiger partial charge in [0, 0.05) is 18.0 Å². The van der Waals surface area contributed by atoms with Gasteiger partial charge in [0.25, 0.3) is 0 Å². The van der Waals surface area contributed by atoms with Crippen molar-refractivity contribution in [3.05, 3.63) is 88.7 Å². The molecule has 4 rings (SSSR count). The van der Waals surface area contributed by atoms with Gasteiger partial charge in [-0.15, -0.1) is 0 Å². The van der Waals surface area contributed by atoms with Gasteiger partial charge >= 0.3 is 0 Å². The molecule has 0 fully saturated rings. The van der Waals surface area contributed by atoms with Crippen LogP contribution in [0.5, 0.6) is 11.5 Å². The average Bonchev–Trinajstić information content (AvgIpc) is 2.74. The largest absolute Gasteiger partial charge is 0.486 e. The number of pyridine rings is 1. The Morgan fingerprint density at radius 3 is 2.40 bits per heavy atom. The molecule has 1 aliphatic rings. The second-order valence-corrected chi connectivity index (χ2v) is 8.04. The van der Waals surface area contributed by atoms with E-state index in [0.29, 0.717) is 29.0 Å². The molecule has 0 aliphatic carbocycles. The van der Waals surface area contributed by atoms with Crippen molar-refractivity contribution in [3.63, 3.8) is 0 Å². The number of nitriles is 1. The van der Waals surface area contributed by atoms with Crippen molar-refractivity contribution < 1.29 is 14.3 Å². The van der Waals surface area contributed by atoms with Crippen LogP contribution < -0.4 is 9.47 Å². The average molecular weight is 398 g/mol. The topological polar surface area (TPSA) is 72.2 Å². The van der Waals surface area contributed by atoms with Crippen LogP contribution in [0.1, 0.15) is 59.0 Å². The van der Waals surface area contributed by atoms with Crippen LogP contribution >= 0.6 is 0 Å². The lowest BCUT2D eigenvalue weighted by Gasteiger charge is -2.33. The summed E-state index contributed by atoms with van der Waals surface area (Å²) in [6.07, 6.45) is 3.40. The Morgan fingerprint density at radius 1 is 1.07 bits per heavy atom. The van der Waals surface area contributed by atoms with E-state index in [9.17, 15) is 4.79 Å². The summed E-state index contributed by atoms with van der Waals surface area (Å²) in [4.78, 5) is 16.6. The molecule has 0 spiro atoms. The first kappa shape index (κ1) is 19.7. The highest BCUT2D eigenvalue weighted by atomic mass is 16.5. The third kappa shape index (κ3) is 3.77. The first-order valence-corrected chi connectivity index (χ1v) is 9.80. The molecular formula is C25H22N2O3. The van der Waals surface area contributed by atoms with E-state index >= 15 is 0 Å². The number of hydrogen-bond acceptors (Lipinski definition) is 5. The maximum atomic E-state index is 12.5. The SMILES string of the molecule is Cc1c(O[C@@H](c2ccncc2)c2ccc(C#N)cc2)ccc2c1OC(C)(C)CC2=O. The quantitative estimate of drug-likeness (QED) is 0.606. The molecule has 3 aromatic rings. The molecular weight excluding hydrogens is 376 g/mol. The number of Topliss-reactive ketones (excluding diaryl/α,β-unsaturated/α-hetero) is 1. The highest BCUT2D eigenvalue weighted by molar-refractivity contribution is 6.01. The lowest BCUT2D eigenvalue weighted by atomic mass is 9.91. The third-order valence-corrected chi connectivity index (χ3v) is 5.22. The smallest absolute Gasteiger partial charge is 0.170 e. The number of ketones is 1. The van der Waals surface area contributed by atoms with E-state index in [0.717, 1.165) is 16.7 Å². The maximum Gasteiger partial charge on any atom is 0.170 e. The molecule has 0 saturated heterocycles. The summed E-state index contributed by atoms with van der Waals surface area (Å²) in [5, 5.41) is 9.10. The highest BCUT2D eigenvalue weighted by Crippen LogP contribution is 2.41. The van der Waals surface area contributed by atoms with Crippen LogP contribution in [0, 0.1) is 18.3 Å². The Bertz CT molecular complexity index is 1130. The Balaban J connectivity index is 1.75. The van der Waals surface area contributed by atoms with Crippen LogP contribution in [0.15, 0.2) is 60.9 Å². The van der Waals surface area contributed by atoms with E-state index < -0.39 is 11.7 Å². The van der Waals surface area contributed by atoms with E-state index in [2.05, 4.69) is 11.1 Å². The number of carbonyl (C=O) groups is 1. The van der Waals surface area contributed by atoms with Crippen molar-refractivity contribution in [2.75, 3.05) is 0 Å².